The number of hydrogen-bond donors (Lipinski definition) is 1. The Morgan fingerprint density at radius 3 is 2.44 bits per heavy atom. The number of ether oxygens (including phenoxy) is 3. The summed E-state index contributed by atoms with van der Waals surface area (Å²) in [6, 6.07) is 12.6. The zero-order valence-corrected chi connectivity index (χ0v) is 17.8. The van der Waals surface area contributed by atoms with Crippen LogP contribution in [0.5, 0.6) is 17.2 Å². The van der Waals surface area contributed by atoms with Crippen molar-refractivity contribution in [3.63, 3.8) is 0 Å². The summed E-state index contributed by atoms with van der Waals surface area (Å²) in [7, 11) is 0. The Hall–Kier alpha value is -4.08. The maximum absolute atomic E-state index is 12.1. The second-order valence-corrected chi connectivity index (χ2v) is 6.66. The lowest BCUT2D eigenvalue weighted by molar-refractivity contribution is -0.385. The van der Waals surface area contributed by atoms with Gasteiger partial charge in [-0.05, 0) is 55.8 Å². The molecule has 0 aliphatic rings. The van der Waals surface area contributed by atoms with E-state index in [1.807, 2.05) is 32.0 Å². The number of carbonyl (C=O) groups is 1. The van der Waals surface area contributed by atoms with E-state index in [0.29, 0.717) is 42.8 Å². The average molecular weight is 440 g/mol. The fourth-order valence-corrected chi connectivity index (χ4v) is 2.87. The number of rotatable bonds is 11. The van der Waals surface area contributed by atoms with E-state index < -0.39 is 4.92 Å². The topological polar surface area (TPSA) is 118 Å². The smallest absolute Gasteiger partial charge is 0.307 e. The maximum atomic E-state index is 12.1. The van der Waals surface area contributed by atoms with Crippen molar-refractivity contribution in [1.82, 2.24) is 9.78 Å². The van der Waals surface area contributed by atoms with Gasteiger partial charge in [-0.15, -0.1) is 0 Å². The van der Waals surface area contributed by atoms with Gasteiger partial charge in [0.25, 0.3) is 0 Å². The number of anilines is 1. The number of nitro groups is 1. The summed E-state index contributed by atoms with van der Waals surface area (Å²) in [4.78, 5) is 22.2. The number of aromatic nitrogens is 2. The van der Waals surface area contributed by atoms with E-state index in [9.17, 15) is 14.9 Å². The van der Waals surface area contributed by atoms with Gasteiger partial charge in [-0.2, -0.15) is 5.10 Å². The number of hydrogen-bond acceptors (Lipinski definition) is 7. The van der Waals surface area contributed by atoms with Gasteiger partial charge in [0.15, 0.2) is 11.5 Å². The highest BCUT2D eigenvalue weighted by Gasteiger charge is 2.11. The van der Waals surface area contributed by atoms with Gasteiger partial charge in [0, 0.05) is 5.69 Å². The van der Waals surface area contributed by atoms with Crippen molar-refractivity contribution in [3.05, 3.63) is 70.5 Å². The molecule has 10 heteroatoms. The number of amides is 1. The van der Waals surface area contributed by atoms with Crippen LogP contribution >= 0.6 is 0 Å². The summed E-state index contributed by atoms with van der Waals surface area (Å²) < 4.78 is 18.2. The van der Waals surface area contributed by atoms with Crippen LogP contribution in [-0.2, 0) is 17.9 Å². The third kappa shape index (κ3) is 6.21. The zero-order chi connectivity index (χ0) is 22.9. The molecule has 1 N–H and O–H groups in total. The molecule has 0 saturated heterocycles. The molecule has 0 saturated carbocycles. The molecule has 168 valence electrons. The molecule has 3 aromatic rings. The van der Waals surface area contributed by atoms with Crippen LogP contribution in [0.4, 0.5) is 11.4 Å². The van der Waals surface area contributed by atoms with Crippen LogP contribution in [0.2, 0.25) is 0 Å². The van der Waals surface area contributed by atoms with Crippen LogP contribution in [0.3, 0.4) is 0 Å². The molecule has 10 nitrogen and oxygen atoms in total. The zero-order valence-electron chi connectivity index (χ0n) is 17.8. The molecule has 0 aliphatic heterocycles. The normalized spacial score (nSPS) is 10.4. The van der Waals surface area contributed by atoms with E-state index in [0.717, 1.165) is 11.8 Å². The lowest BCUT2D eigenvalue weighted by atomic mass is 10.2. The Balaban J connectivity index is 1.53. The minimum absolute atomic E-state index is 0.133. The highest BCUT2D eigenvalue weighted by atomic mass is 16.6. The quantitative estimate of drug-likeness (QED) is 0.356. The van der Waals surface area contributed by atoms with Crippen LogP contribution in [0.25, 0.3) is 0 Å². The molecule has 0 aliphatic carbocycles. The highest BCUT2D eigenvalue weighted by molar-refractivity contribution is 5.90. The molecule has 0 spiro atoms. The first-order valence-electron chi connectivity index (χ1n) is 10.1. The molecule has 0 atom stereocenters. The standard InChI is InChI=1S/C22H24N4O6/c1-3-30-20-10-5-16(11-21(20)31-4-2)15-32-19-8-6-17(7-9-19)24-22(27)14-25-13-18(12-23-25)26(28)29/h5-13H,3-4,14-15H2,1-2H3,(H,24,27). The van der Waals surface area contributed by atoms with E-state index in [1.165, 1.54) is 10.9 Å². The summed E-state index contributed by atoms with van der Waals surface area (Å²) >= 11 is 0. The van der Waals surface area contributed by atoms with Crippen LogP contribution in [0.15, 0.2) is 54.9 Å². The lowest BCUT2D eigenvalue weighted by Crippen LogP contribution is -2.18. The first-order valence-corrected chi connectivity index (χ1v) is 10.1. The maximum Gasteiger partial charge on any atom is 0.307 e. The number of nitrogens with one attached hydrogen (secondary N) is 1. The van der Waals surface area contributed by atoms with Crippen LogP contribution in [0, 0.1) is 10.1 Å². The van der Waals surface area contributed by atoms with Gasteiger partial charge in [0.05, 0.1) is 18.1 Å². The summed E-state index contributed by atoms with van der Waals surface area (Å²) in [6.07, 6.45) is 2.30. The Morgan fingerprint density at radius 2 is 1.78 bits per heavy atom. The van der Waals surface area contributed by atoms with E-state index in [4.69, 9.17) is 14.2 Å². The minimum Gasteiger partial charge on any atom is -0.490 e. The molecular weight excluding hydrogens is 416 g/mol. The van der Waals surface area contributed by atoms with E-state index in [-0.39, 0.29) is 18.1 Å². The molecule has 3 rings (SSSR count). The predicted molar refractivity (Wildman–Crippen MR) is 117 cm³/mol. The van der Waals surface area contributed by atoms with Crippen LogP contribution in [-0.4, -0.2) is 33.8 Å². The fourth-order valence-electron chi connectivity index (χ4n) is 2.87. The van der Waals surface area contributed by atoms with Gasteiger partial charge in [-0.3, -0.25) is 19.6 Å². The van der Waals surface area contributed by atoms with Crippen molar-refractivity contribution in [2.75, 3.05) is 18.5 Å². The van der Waals surface area contributed by atoms with Crippen molar-refractivity contribution in [1.29, 1.82) is 0 Å². The number of carbonyl (C=O) groups excluding carboxylic acids is 1. The van der Waals surface area contributed by atoms with Crippen molar-refractivity contribution >= 4 is 17.3 Å². The fraction of sp³-hybridized carbons (Fsp3) is 0.273. The minimum atomic E-state index is -0.564. The second kappa shape index (κ2) is 10.8. The molecule has 0 fully saturated rings. The van der Waals surface area contributed by atoms with Gasteiger partial charge in [0.1, 0.15) is 31.3 Å². The van der Waals surface area contributed by atoms with Crippen LogP contribution in [0.1, 0.15) is 19.4 Å². The molecule has 1 heterocycles. The number of benzene rings is 2. The number of nitrogens with zero attached hydrogens (tertiary/aromatic N) is 3. The van der Waals surface area contributed by atoms with Gasteiger partial charge >= 0.3 is 5.69 Å². The van der Waals surface area contributed by atoms with Crippen molar-refractivity contribution < 1.29 is 23.9 Å². The molecular formula is C22H24N4O6. The Kier molecular flexibility index (Phi) is 7.63. The van der Waals surface area contributed by atoms with E-state index >= 15 is 0 Å². The molecule has 0 radical (unpaired) electrons. The summed E-state index contributed by atoms with van der Waals surface area (Å²) in [5.41, 5.74) is 1.34. The van der Waals surface area contributed by atoms with E-state index in [2.05, 4.69) is 10.4 Å². The molecule has 2 aromatic carbocycles. The first-order chi connectivity index (χ1) is 15.5. The third-order valence-corrected chi connectivity index (χ3v) is 4.29. The molecule has 0 unspecified atom stereocenters. The Morgan fingerprint density at radius 1 is 1.06 bits per heavy atom. The van der Waals surface area contributed by atoms with Gasteiger partial charge in [0.2, 0.25) is 5.91 Å². The van der Waals surface area contributed by atoms with Crippen LogP contribution < -0.4 is 19.5 Å². The monoisotopic (exact) mass is 440 g/mol. The molecule has 0 bridgehead atoms. The molecule has 32 heavy (non-hydrogen) atoms. The predicted octanol–water partition coefficient (Wildman–Crippen LogP) is 3.81. The largest absolute Gasteiger partial charge is 0.490 e. The van der Waals surface area contributed by atoms with Gasteiger partial charge in [-0.25, -0.2) is 0 Å². The Labute approximate surface area is 184 Å². The summed E-state index contributed by atoms with van der Waals surface area (Å²) in [5.74, 6) is 1.66. The Bertz CT molecular complexity index is 1060. The summed E-state index contributed by atoms with van der Waals surface area (Å²) in [6.45, 7) is 5.14. The van der Waals surface area contributed by atoms with E-state index in [1.54, 1.807) is 24.3 Å². The first kappa shape index (κ1) is 22.6. The van der Waals surface area contributed by atoms with Crippen molar-refractivity contribution in [3.8, 4) is 17.2 Å². The lowest BCUT2D eigenvalue weighted by Gasteiger charge is -2.13. The highest BCUT2D eigenvalue weighted by Crippen LogP contribution is 2.29. The van der Waals surface area contributed by atoms with Crippen molar-refractivity contribution in [2.24, 2.45) is 0 Å². The van der Waals surface area contributed by atoms with Crippen molar-refractivity contribution in [2.45, 2.75) is 27.0 Å². The second-order valence-electron chi connectivity index (χ2n) is 6.66. The van der Waals surface area contributed by atoms with Gasteiger partial charge < -0.3 is 19.5 Å². The molecule has 1 amide bonds. The third-order valence-electron chi connectivity index (χ3n) is 4.29. The summed E-state index contributed by atoms with van der Waals surface area (Å²) in [5, 5.41) is 17.2. The SMILES string of the molecule is CCOc1ccc(COc2ccc(NC(=O)Cn3cc([N+](=O)[O-])cn3)cc2)cc1OCC. The molecule has 1 aromatic heterocycles. The average Bonchev–Trinajstić information content (AvgIpc) is 3.24. The van der Waals surface area contributed by atoms with Gasteiger partial charge in [-0.1, -0.05) is 6.07 Å².